The lowest BCUT2D eigenvalue weighted by atomic mass is 10.2. The molecule has 0 aliphatic carbocycles. The van der Waals surface area contributed by atoms with Crippen LogP contribution in [0.2, 0.25) is 0 Å². The number of nitrogens with one attached hydrogen (secondary N) is 1. The molecule has 0 aliphatic heterocycles. The van der Waals surface area contributed by atoms with Crippen LogP contribution in [0.4, 0.5) is 0 Å². The maximum Gasteiger partial charge on any atom is 0.240 e. The third-order valence-corrected chi connectivity index (χ3v) is 4.58. The summed E-state index contributed by atoms with van der Waals surface area (Å²) in [6.07, 6.45) is 0.838. The minimum Gasteiger partial charge on any atom is -0.379 e. The Morgan fingerprint density at radius 2 is 1.89 bits per heavy atom. The molecular formula is C13H20BrNO3S. The number of sulfonamides is 1. The molecule has 0 radical (unpaired) electrons. The molecule has 0 amide bonds. The van der Waals surface area contributed by atoms with Crippen molar-refractivity contribution in [1.29, 1.82) is 0 Å². The molecule has 1 N–H and O–H groups in total. The van der Waals surface area contributed by atoms with Crippen LogP contribution in [0.3, 0.4) is 0 Å². The van der Waals surface area contributed by atoms with E-state index in [9.17, 15) is 8.42 Å². The average Bonchev–Trinajstić information content (AvgIpc) is 2.38. The van der Waals surface area contributed by atoms with Crippen molar-refractivity contribution in [2.75, 3.05) is 13.2 Å². The first-order valence-electron chi connectivity index (χ1n) is 6.22. The van der Waals surface area contributed by atoms with Gasteiger partial charge in [0.2, 0.25) is 10.0 Å². The number of ether oxygens (including phenoxy) is 1. The molecular weight excluding hydrogens is 330 g/mol. The second kappa shape index (κ2) is 7.99. The molecule has 0 spiro atoms. The summed E-state index contributed by atoms with van der Waals surface area (Å²) in [5, 5.41) is 0.716. The zero-order chi connectivity index (χ0) is 14.3. The van der Waals surface area contributed by atoms with Crippen molar-refractivity contribution in [1.82, 2.24) is 4.72 Å². The molecule has 0 aromatic heterocycles. The first kappa shape index (κ1) is 16.6. The molecule has 0 atom stereocenters. The van der Waals surface area contributed by atoms with E-state index in [1.54, 1.807) is 24.3 Å². The quantitative estimate of drug-likeness (QED) is 0.579. The van der Waals surface area contributed by atoms with Crippen LogP contribution in [0.1, 0.15) is 25.8 Å². The molecule has 0 saturated heterocycles. The van der Waals surface area contributed by atoms with E-state index in [0.717, 1.165) is 5.56 Å². The van der Waals surface area contributed by atoms with E-state index in [4.69, 9.17) is 4.74 Å². The third kappa shape index (κ3) is 6.03. The van der Waals surface area contributed by atoms with Crippen molar-refractivity contribution in [3.8, 4) is 0 Å². The largest absolute Gasteiger partial charge is 0.379 e. The first-order chi connectivity index (χ1) is 8.95. The standard InChI is InChI=1S/C13H20BrNO3S/c1-11(2)18-9-3-8-15-19(16,17)13-6-4-12(10-14)5-7-13/h4-7,11,15H,3,8-10H2,1-2H3. The number of benzene rings is 1. The normalized spacial score (nSPS) is 12.0. The predicted molar refractivity (Wildman–Crippen MR) is 80.0 cm³/mol. The van der Waals surface area contributed by atoms with Crippen LogP contribution in [0.25, 0.3) is 0 Å². The fraction of sp³-hybridized carbons (Fsp3) is 0.538. The number of alkyl halides is 1. The van der Waals surface area contributed by atoms with Crippen LogP contribution in [-0.2, 0) is 20.1 Å². The summed E-state index contributed by atoms with van der Waals surface area (Å²) in [7, 11) is -3.41. The number of rotatable bonds is 8. The topological polar surface area (TPSA) is 55.4 Å². The zero-order valence-electron chi connectivity index (χ0n) is 11.2. The van der Waals surface area contributed by atoms with Crippen molar-refractivity contribution < 1.29 is 13.2 Å². The highest BCUT2D eigenvalue weighted by atomic mass is 79.9. The maximum atomic E-state index is 12.0. The highest BCUT2D eigenvalue weighted by Crippen LogP contribution is 2.12. The van der Waals surface area contributed by atoms with Crippen molar-refractivity contribution >= 4 is 26.0 Å². The highest BCUT2D eigenvalue weighted by molar-refractivity contribution is 9.08. The second-order valence-corrected chi connectivity index (χ2v) is 6.78. The van der Waals surface area contributed by atoms with Crippen molar-refractivity contribution in [3.05, 3.63) is 29.8 Å². The van der Waals surface area contributed by atoms with Gasteiger partial charge < -0.3 is 4.74 Å². The van der Waals surface area contributed by atoms with E-state index in [1.807, 2.05) is 13.8 Å². The van der Waals surface area contributed by atoms with Gasteiger partial charge in [0, 0.05) is 18.5 Å². The SMILES string of the molecule is CC(C)OCCCNS(=O)(=O)c1ccc(CBr)cc1. The summed E-state index contributed by atoms with van der Waals surface area (Å²) in [5.74, 6) is 0. The number of hydrogen-bond donors (Lipinski definition) is 1. The lowest BCUT2D eigenvalue weighted by molar-refractivity contribution is 0.0778. The highest BCUT2D eigenvalue weighted by Gasteiger charge is 2.12. The fourth-order valence-electron chi connectivity index (χ4n) is 1.44. The van der Waals surface area contributed by atoms with Gasteiger partial charge in [-0.1, -0.05) is 28.1 Å². The predicted octanol–water partition coefficient (Wildman–Crippen LogP) is 2.67. The summed E-state index contributed by atoms with van der Waals surface area (Å²) in [6, 6.07) is 6.82. The molecule has 1 aromatic carbocycles. The Kier molecular flexibility index (Phi) is 6.99. The van der Waals surface area contributed by atoms with Gasteiger partial charge in [-0.2, -0.15) is 0 Å². The molecule has 0 heterocycles. The van der Waals surface area contributed by atoms with Crippen molar-refractivity contribution in [3.63, 3.8) is 0 Å². The first-order valence-corrected chi connectivity index (χ1v) is 8.82. The molecule has 4 nitrogen and oxygen atoms in total. The van der Waals surface area contributed by atoms with Crippen LogP contribution < -0.4 is 4.72 Å². The summed E-state index contributed by atoms with van der Waals surface area (Å²) in [5.41, 5.74) is 1.05. The Hall–Kier alpha value is -0.430. The van der Waals surface area contributed by atoms with Crippen molar-refractivity contribution in [2.24, 2.45) is 0 Å². The molecule has 0 bridgehead atoms. The average molecular weight is 350 g/mol. The van der Waals surface area contributed by atoms with E-state index in [2.05, 4.69) is 20.7 Å². The summed E-state index contributed by atoms with van der Waals surface area (Å²) in [4.78, 5) is 0.293. The summed E-state index contributed by atoms with van der Waals surface area (Å²) in [6.45, 7) is 4.85. The van der Waals surface area contributed by atoms with Gasteiger partial charge in [-0.25, -0.2) is 13.1 Å². The summed E-state index contributed by atoms with van der Waals surface area (Å²) < 4.78 is 31.8. The van der Waals surface area contributed by atoms with E-state index >= 15 is 0 Å². The van der Waals surface area contributed by atoms with Crippen LogP contribution in [0.5, 0.6) is 0 Å². The summed E-state index contributed by atoms with van der Waals surface area (Å²) >= 11 is 3.32. The van der Waals surface area contributed by atoms with Gasteiger partial charge in [0.1, 0.15) is 0 Å². The van der Waals surface area contributed by atoms with E-state index in [-0.39, 0.29) is 6.10 Å². The Bertz CT molecular complexity index is 471. The van der Waals surface area contributed by atoms with E-state index < -0.39 is 10.0 Å². The Morgan fingerprint density at radius 3 is 2.42 bits per heavy atom. The van der Waals surface area contributed by atoms with E-state index in [1.165, 1.54) is 0 Å². The molecule has 6 heteroatoms. The molecule has 108 valence electrons. The molecule has 0 aliphatic rings. The van der Waals surface area contributed by atoms with Gasteiger partial charge in [0.25, 0.3) is 0 Å². The maximum absolute atomic E-state index is 12.0. The van der Waals surface area contributed by atoms with Crippen molar-refractivity contribution in [2.45, 2.75) is 36.6 Å². The Morgan fingerprint density at radius 1 is 1.26 bits per heavy atom. The van der Waals surface area contributed by atoms with Gasteiger partial charge >= 0.3 is 0 Å². The van der Waals surface area contributed by atoms with Gasteiger partial charge in [-0.05, 0) is 38.0 Å². The number of halogens is 1. The molecule has 1 rings (SSSR count). The molecule has 0 unspecified atom stereocenters. The lowest BCUT2D eigenvalue weighted by Crippen LogP contribution is -2.25. The van der Waals surface area contributed by atoms with E-state index in [0.29, 0.717) is 29.8 Å². The minimum absolute atomic E-state index is 0.174. The fourth-order valence-corrected chi connectivity index (χ4v) is 2.89. The van der Waals surface area contributed by atoms with Crippen LogP contribution in [0.15, 0.2) is 29.2 Å². The van der Waals surface area contributed by atoms with Gasteiger partial charge in [0.05, 0.1) is 11.0 Å². The second-order valence-electron chi connectivity index (χ2n) is 4.45. The number of hydrogen-bond acceptors (Lipinski definition) is 3. The molecule has 19 heavy (non-hydrogen) atoms. The van der Waals surface area contributed by atoms with Gasteiger partial charge in [0.15, 0.2) is 0 Å². The van der Waals surface area contributed by atoms with Gasteiger partial charge in [-0.3, -0.25) is 0 Å². The van der Waals surface area contributed by atoms with Crippen LogP contribution >= 0.6 is 15.9 Å². The monoisotopic (exact) mass is 349 g/mol. The molecule has 1 aromatic rings. The van der Waals surface area contributed by atoms with Crippen LogP contribution in [-0.4, -0.2) is 27.7 Å². The Labute approximate surface area is 123 Å². The third-order valence-electron chi connectivity index (χ3n) is 2.45. The molecule has 0 saturated carbocycles. The van der Waals surface area contributed by atoms with Crippen LogP contribution in [0, 0.1) is 0 Å². The smallest absolute Gasteiger partial charge is 0.240 e. The zero-order valence-corrected chi connectivity index (χ0v) is 13.6. The minimum atomic E-state index is -3.41. The molecule has 0 fully saturated rings. The Balaban J connectivity index is 2.46. The lowest BCUT2D eigenvalue weighted by Gasteiger charge is -2.09. The van der Waals surface area contributed by atoms with Gasteiger partial charge in [-0.15, -0.1) is 0 Å².